The zero-order valence-corrected chi connectivity index (χ0v) is 23.4. The molecule has 1 saturated heterocycles. The lowest BCUT2D eigenvalue weighted by atomic mass is 10.0. The molecule has 1 aromatic heterocycles. The Morgan fingerprint density at radius 1 is 1.00 bits per heavy atom. The van der Waals surface area contributed by atoms with Gasteiger partial charge in [0.2, 0.25) is 0 Å². The number of fused-ring (bicyclic) bond motifs is 1. The predicted molar refractivity (Wildman–Crippen MR) is 151 cm³/mol. The number of aromatic nitrogens is 2. The maximum Gasteiger partial charge on any atom is 0.274 e. The maximum absolute atomic E-state index is 13.4. The van der Waals surface area contributed by atoms with Crippen LogP contribution in [-0.2, 0) is 6.42 Å². The molecular formula is C30H29BrFN3O4. The number of piperidine rings is 1. The number of Topliss-reactive ketones (excluding diaryl/α,β-unsaturated/α-hetero) is 1. The first-order valence-electron chi connectivity index (χ1n) is 12.8. The van der Waals surface area contributed by atoms with E-state index in [4.69, 9.17) is 14.6 Å². The Balaban J connectivity index is 1.34. The predicted octanol–water partition coefficient (Wildman–Crippen LogP) is 5.43. The number of carbonyl (C=O) groups is 1. The fraction of sp³-hybridized carbons (Fsp3) is 0.300. The number of hydrogen-bond donors (Lipinski definition) is 0. The minimum Gasteiger partial charge on any atom is -0.496 e. The van der Waals surface area contributed by atoms with Crippen LogP contribution in [0.5, 0.6) is 11.5 Å². The summed E-state index contributed by atoms with van der Waals surface area (Å²) in [6.45, 7) is 1.56. The number of likely N-dealkylation sites (tertiary alicyclic amines) is 1. The number of halogens is 2. The van der Waals surface area contributed by atoms with Gasteiger partial charge < -0.3 is 9.47 Å². The van der Waals surface area contributed by atoms with Gasteiger partial charge in [0.1, 0.15) is 17.3 Å². The average Bonchev–Trinajstić information content (AvgIpc) is 2.96. The van der Waals surface area contributed by atoms with Crippen LogP contribution in [0.3, 0.4) is 0 Å². The van der Waals surface area contributed by atoms with Gasteiger partial charge in [0.05, 0.1) is 47.9 Å². The van der Waals surface area contributed by atoms with Crippen molar-refractivity contribution in [1.29, 1.82) is 0 Å². The average molecular weight is 594 g/mol. The molecule has 1 fully saturated rings. The second kappa shape index (κ2) is 11.7. The Kier molecular flexibility index (Phi) is 8.09. The normalized spacial score (nSPS) is 14.5. The minimum atomic E-state index is -0.287. The molecule has 2 heterocycles. The SMILES string of the molecule is COc1cc(OC)c(C(=O)CN2CCC(n3nc(Cc4ccc(F)cc4)c4ccccc4c3=O)CC2)cc1Br. The number of benzene rings is 3. The molecule has 0 bridgehead atoms. The smallest absolute Gasteiger partial charge is 0.274 e. The van der Waals surface area contributed by atoms with E-state index in [1.165, 1.54) is 19.2 Å². The minimum absolute atomic E-state index is 0.0452. The number of carbonyl (C=O) groups excluding carboxylic acids is 1. The fourth-order valence-corrected chi connectivity index (χ4v) is 5.64. The van der Waals surface area contributed by atoms with Crippen molar-refractivity contribution in [2.75, 3.05) is 33.9 Å². The summed E-state index contributed by atoms with van der Waals surface area (Å²) < 4.78 is 26.5. The molecule has 4 aromatic rings. The van der Waals surface area contributed by atoms with E-state index < -0.39 is 0 Å². The second-order valence-electron chi connectivity index (χ2n) is 9.66. The highest BCUT2D eigenvalue weighted by molar-refractivity contribution is 9.10. The third-order valence-electron chi connectivity index (χ3n) is 7.23. The molecule has 1 aliphatic heterocycles. The van der Waals surface area contributed by atoms with Crippen molar-refractivity contribution in [2.24, 2.45) is 0 Å². The summed E-state index contributed by atoms with van der Waals surface area (Å²) in [7, 11) is 3.09. The van der Waals surface area contributed by atoms with E-state index in [2.05, 4.69) is 20.8 Å². The summed E-state index contributed by atoms with van der Waals surface area (Å²) in [6, 6.07) is 17.2. The van der Waals surface area contributed by atoms with E-state index in [0.29, 0.717) is 59.3 Å². The van der Waals surface area contributed by atoms with E-state index in [1.807, 2.05) is 24.3 Å². The van der Waals surface area contributed by atoms with Crippen LogP contribution in [0.4, 0.5) is 4.39 Å². The van der Waals surface area contributed by atoms with Gasteiger partial charge in [-0.2, -0.15) is 5.10 Å². The Morgan fingerprint density at radius 3 is 2.33 bits per heavy atom. The quantitative estimate of drug-likeness (QED) is 0.254. The summed E-state index contributed by atoms with van der Waals surface area (Å²) >= 11 is 3.45. The maximum atomic E-state index is 13.4. The first-order chi connectivity index (χ1) is 18.9. The van der Waals surface area contributed by atoms with Crippen LogP contribution in [-0.4, -0.2) is 54.3 Å². The molecule has 0 radical (unpaired) electrons. The molecule has 5 rings (SSSR count). The summed E-state index contributed by atoms with van der Waals surface area (Å²) in [5.74, 6) is 0.730. The van der Waals surface area contributed by atoms with Crippen LogP contribution in [0.1, 0.15) is 40.5 Å². The van der Waals surface area contributed by atoms with Gasteiger partial charge >= 0.3 is 0 Å². The van der Waals surface area contributed by atoms with E-state index >= 15 is 0 Å². The molecule has 0 aliphatic carbocycles. The van der Waals surface area contributed by atoms with Crippen LogP contribution in [0.25, 0.3) is 10.8 Å². The lowest BCUT2D eigenvalue weighted by molar-refractivity contribution is 0.0890. The van der Waals surface area contributed by atoms with Crippen LogP contribution < -0.4 is 15.0 Å². The summed E-state index contributed by atoms with van der Waals surface area (Å²) in [4.78, 5) is 28.7. The summed E-state index contributed by atoms with van der Waals surface area (Å²) in [5.41, 5.74) is 2.08. The topological polar surface area (TPSA) is 73.7 Å². The molecule has 0 unspecified atom stereocenters. The van der Waals surface area contributed by atoms with E-state index in [1.54, 1.807) is 36.1 Å². The van der Waals surface area contributed by atoms with E-state index in [0.717, 1.165) is 16.6 Å². The molecule has 9 heteroatoms. The van der Waals surface area contributed by atoms with Gasteiger partial charge in [-0.25, -0.2) is 9.07 Å². The van der Waals surface area contributed by atoms with Crippen molar-refractivity contribution in [2.45, 2.75) is 25.3 Å². The Morgan fingerprint density at radius 2 is 1.67 bits per heavy atom. The summed E-state index contributed by atoms with van der Waals surface area (Å²) in [5, 5.41) is 6.25. The first-order valence-corrected chi connectivity index (χ1v) is 13.6. The monoisotopic (exact) mass is 593 g/mol. The standard InChI is InChI=1S/C30H29BrFN3O4/c1-38-28-17-29(39-2)25(31)16-24(28)27(36)18-34-13-11-21(12-14-34)35-30(37)23-6-4-3-5-22(23)26(33-35)15-19-7-9-20(32)10-8-19/h3-10,16-17,21H,11-15,18H2,1-2H3. The first kappa shape index (κ1) is 27.0. The molecule has 0 N–H and O–H groups in total. The van der Waals surface area contributed by atoms with E-state index in [-0.39, 0.29) is 29.7 Å². The van der Waals surface area contributed by atoms with E-state index in [9.17, 15) is 14.0 Å². The third kappa shape index (κ3) is 5.74. The van der Waals surface area contributed by atoms with Gasteiger partial charge in [-0.05, 0) is 58.6 Å². The van der Waals surface area contributed by atoms with Gasteiger partial charge in [-0.3, -0.25) is 14.5 Å². The molecule has 202 valence electrons. The largest absolute Gasteiger partial charge is 0.496 e. The van der Waals surface area contributed by atoms with Crippen LogP contribution in [0.2, 0.25) is 0 Å². The number of methoxy groups -OCH3 is 2. The number of hydrogen-bond acceptors (Lipinski definition) is 6. The second-order valence-corrected chi connectivity index (χ2v) is 10.5. The Hall–Kier alpha value is -3.56. The molecular weight excluding hydrogens is 565 g/mol. The lowest BCUT2D eigenvalue weighted by Crippen LogP contribution is -2.41. The molecule has 3 aromatic carbocycles. The van der Waals surface area contributed by atoms with Crippen molar-refractivity contribution >= 4 is 32.5 Å². The van der Waals surface area contributed by atoms with Crippen molar-refractivity contribution < 1.29 is 18.7 Å². The molecule has 1 aliphatic rings. The fourth-order valence-electron chi connectivity index (χ4n) is 5.14. The lowest BCUT2D eigenvalue weighted by Gasteiger charge is -2.32. The zero-order chi connectivity index (χ0) is 27.5. The van der Waals surface area contributed by atoms with Crippen LogP contribution in [0, 0.1) is 5.82 Å². The Bertz CT molecular complexity index is 1560. The van der Waals surface area contributed by atoms with Crippen molar-refractivity contribution in [1.82, 2.24) is 14.7 Å². The zero-order valence-electron chi connectivity index (χ0n) is 21.8. The van der Waals surface area contributed by atoms with Crippen molar-refractivity contribution in [3.05, 3.63) is 98.1 Å². The molecule has 0 spiro atoms. The number of nitrogens with zero attached hydrogens (tertiary/aromatic N) is 3. The number of ketones is 1. The Labute approximate surface area is 234 Å². The van der Waals surface area contributed by atoms with Crippen LogP contribution in [0.15, 0.2) is 69.9 Å². The molecule has 0 atom stereocenters. The molecule has 7 nitrogen and oxygen atoms in total. The highest BCUT2D eigenvalue weighted by atomic mass is 79.9. The molecule has 39 heavy (non-hydrogen) atoms. The number of ether oxygens (including phenoxy) is 2. The van der Waals surface area contributed by atoms with Crippen molar-refractivity contribution in [3.8, 4) is 11.5 Å². The third-order valence-corrected chi connectivity index (χ3v) is 7.85. The highest BCUT2D eigenvalue weighted by Gasteiger charge is 2.26. The summed E-state index contributed by atoms with van der Waals surface area (Å²) in [6.07, 6.45) is 1.88. The van der Waals surface area contributed by atoms with Gasteiger partial charge in [0, 0.05) is 31.0 Å². The van der Waals surface area contributed by atoms with Crippen molar-refractivity contribution in [3.63, 3.8) is 0 Å². The molecule has 0 saturated carbocycles. The van der Waals surface area contributed by atoms with Gasteiger partial charge in [-0.15, -0.1) is 0 Å². The van der Waals surface area contributed by atoms with Gasteiger partial charge in [-0.1, -0.05) is 30.3 Å². The number of rotatable bonds is 8. The highest BCUT2D eigenvalue weighted by Crippen LogP contribution is 2.33. The van der Waals surface area contributed by atoms with Crippen LogP contribution >= 0.6 is 15.9 Å². The van der Waals surface area contributed by atoms with Gasteiger partial charge in [0.25, 0.3) is 5.56 Å². The van der Waals surface area contributed by atoms with Gasteiger partial charge in [0.15, 0.2) is 5.78 Å². The molecule has 0 amide bonds.